The van der Waals surface area contributed by atoms with Crippen LogP contribution in [0.2, 0.25) is 5.02 Å². The maximum atomic E-state index is 13.1. The summed E-state index contributed by atoms with van der Waals surface area (Å²) < 4.78 is 0. The molecule has 2 atom stereocenters. The minimum Gasteiger partial charge on any atom is -0.369 e. The average molecular weight is 530 g/mol. The molecule has 1 aromatic carbocycles. The highest BCUT2D eigenvalue weighted by atomic mass is 35.5. The first-order valence-corrected chi connectivity index (χ1v) is 12.2. The Morgan fingerprint density at radius 3 is 2.26 bits per heavy atom. The van der Waals surface area contributed by atoms with E-state index < -0.39 is 0 Å². The summed E-state index contributed by atoms with van der Waals surface area (Å²) in [5, 5.41) is 19.3. The van der Waals surface area contributed by atoms with E-state index in [1.54, 1.807) is 13.0 Å². The van der Waals surface area contributed by atoms with Crippen molar-refractivity contribution in [2.24, 2.45) is 0 Å². The van der Waals surface area contributed by atoms with Crippen molar-refractivity contribution in [1.82, 2.24) is 20.6 Å². The molecule has 2 aromatic rings. The van der Waals surface area contributed by atoms with Gasteiger partial charge in [-0.3, -0.25) is 10.2 Å². The first-order valence-electron chi connectivity index (χ1n) is 11.9. The molecule has 34 heavy (non-hydrogen) atoms. The third-order valence-corrected chi connectivity index (χ3v) is 6.78. The summed E-state index contributed by atoms with van der Waals surface area (Å²) in [4.78, 5) is 22.3. The largest absolute Gasteiger partial charge is 0.369 e. The van der Waals surface area contributed by atoms with E-state index in [2.05, 4.69) is 25.9 Å². The lowest BCUT2D eigenvalue weighted by Gasteiger charge is -2.33. The number of benzene rings is 1. The fourth-order valence-electron chi connectivity index (χ4n) is 4.92. The molecule has 0 bridgehead atoms. The predicted molar refractivity (Wildman–Crippen MR) is 144 cm³/mol. The first kappa shape index (κ1) is 28.4. The van der Waals surface area contributed by atoms with Gasteiger partial charge >= 0.3 is 0 Å². The van der Waals surface area contributed by atoms with Crippen molar-refractivity contribution in [3.8, 4) is 0 Å². The highest BCUT2D eigenvalue weighted by Crippen LogP contribution is 2.28. The molecular formula is C24H35Cl3N6O. The van der Waals surface area contributed by atoms with Gasteiger partial charge < -0.3 is 16.0 Å². The van der Waals surface area contributed by atoms with Crippen LogP contribution in [-0.2, 0) is 0 Å². The Bertz CT molecular complexity index is 981. The second-order valence-electron chi connectivity index (χ2n) is 9.13. The minimum absolute atomic E-state index is 0. The zero-order valence-electron chi connectivity index (χ0n) is 19.5. The lowest BCUT2D eigenvalue weighted by atomic mass is 9.90. The Morgan fingerprint density at radius 2 is 1.59 bits per heavy atom. The molecule has 4 rings (SSSR count). The van der Waals surface area contributed by atoms with Crippen LogP contribution in [0.1, 0.15) is 81.8 Å². The Balaban J connectivity index is 0.00000204. The first-order chi connectivity index (χ1) is 15.5. The van der Waals surface area contributed by atoms with Crippen LogP contribution >= 0.6 is 36.4 Å². The molecule has 2 fully saturated rings. The van der Waals surface area contributed by atoms with Crippen molar-refractivity contribution < 1.29 is 4.79 Å². The molecule has 0 radical (unpaired) electrons. The summed E-state index contributed by atoms with van der Waals surface area (Å²) in [5.41, 5.74) is 0.696. The fraction of sp³-hybridized carbons (Fsp3) is 0.583. The van der Waals surface area contributed by atoms with E-state index in [0.717, 1.165) is 56.8 Å². The topological polar surface area (TPSA) is 103 Å². The van der Waals surface area contributed by atoms with Crippen molar-refractivity contribution in [2.45, 2.75) is 89.3 Å². The third kappa shape index (κ3) is 7.33. The van der Waals surface area contributed by atoms with Crippen molar-refractivity contribution in [3.63, 3.8) is 0 Å². The normalized spacial score (nSPS) is 20.9. The number of hydrogen-bond donors (Lipinski definition) is 4. The lowest BCUT2D eigenvalue weighted by molar-refractivity contribution is 0.0923. The molecule has 7 nitrogen and oxygen atoms in total. The molecule has 2 aliphatic carbocycles. The van der Waals surface area contributed by atoms with Gasteiger partial charge in [0.2, 0.25) is 5.82 Å². The van der Waals surface area contributed by atoms with Crippen LogP contribution in [0, 0.1) is 5.41 Å². The number of anilines is 1. The zero-order valence-corrected chi connectivity index (χ0v) is 21.9. The Hall–Kier alpha value is -1.83. The van der Waals surface area contributed by atoms with Crippen molar-refractivity contribution in [3.05, 3.63) is 29.0 Å². The lowest BCUT2D eigenvalue weighted by Crippen LogP contribution is -2.48. The van der Waals surface area contributed by atoms with Crippen molar-refractivity contribution in [2.75, 3.05) is 5.32 Å². The number of fused-ring (bicyclic) bond motifs is 1. The number of amidine groups is 1. The van der Waals surface area contributed by atoms with Gasteiger partial charge in [-0.15, -0.1) is 24.8 Å². The van der Waals surface area contributed by atoms with E-state index >= 15 is 0 Å². The Labute approximate surface area is 218 Å². The number of carbonyl (C=O) groups is 1. The van der Waals surface area contributed by atoms with Crippen LogP contribution in [0.5, 0.6) is 0 Å². The highest BCUT2D eigenvalue weighted by molar-refractivity contribution is 6.31. The van der Waals surface area contributed by atoms with Gasteiger partial charge in [-0.2, -0.15) is 0 Å². The van der Waals surface area contributed by atoms with Crippen molar-refractivity contribution in [1.29, 1.82) is 5.41 Å². The van der Waals surface area contributed by atoms with Gasteiger partial charge in [-0.05, 0) is 50.8 Å². The van der Waals surface area contributed by atoms with Crippen LogP contribution in [0.4, 0.5) is 5.82 Å². The fourth-order valence-corrected chi connectivity index (χ4v) is 5.09. The maximum absolute atomic E-state index is 13.1. The van der Waals surface area contributed by atoms with Crippen molar-refractivity contribution >= 4 is 64.9 Å². The van der Waals surface area contributed by atoms with Crippen LogP contribution in [0.3, 0.4) is 0 Å². The molecule has 0 spiro atoms. The second kappa shape index (κ2) is 13.3. The van der Waals surface area contributed by atoms with Gasteiger partial charge in [0.25, 0.3) is 5.91 Å². The van der Waals surface area contributed by atoms with E-state index in [4.69, 9.17) is 17.0 Å². The Kier molecular flexibility index (Phi) is 11.1. The monoisotopic (exact) mass is 528 g/mol. The molecule has 0 aliphatic heterocycles. The average Bonchev–Trinajstić information content (AvgIpc) is 3.03. The molecule has 10 heteroatoms. The number of nitrogens with zero attached hydrogens (tertiary/aromatic N) is 2. The SMILES string of the molecule is CC(=N)N[C@@H]1CCCC[C@@H]1Nc1nc(C(=O)NC2CCCCCC2)nc2ccc(Cl)cc12.Cl.Cl. The van der Waals surface area contributed by atoms with Gasteiger partial charge in [0, 0.05) is 28.5 Å². The predicted octanol–water partition coefficient (Wildman–Crippen LogP) is 5.89. The number of rotatable bonds is 5. The molecule has 1 amide bonds. The second-order valence-corrected chi connectivity index (χ2v) is 9.57. The van der Waals surface area contributed by atoms with Crippen LogP contribution in [-0.4, -0.2) is 39.8 Å². The van der Waals surface area contributed by atoms with Gasteiger partial charge in [-0.25, -0.2) is 9.97 Å². The summed E-state index contributed by atoms with van der Waals surface area (Å²) in [6.45, 7) is 1.77. The Morgan fingerprint density at radius 1 is 0.941 bits per heavy atom. The number of hydrogen-bond acceptors (Lipinski definition) is 5. The molecule has 0 saturated heterocycles. The zero-order chi connectivity index (χ0) is 22.5. The van der Waals surface area contributed by atoms with E-state index in [1.165, 1.54) is 12.8 Å². The summed E-state index contributed by atoms with van der Waals surface area (Å²) in [6.07, 6.45) is 11.0. The molecule has 2 aliphatic rings. The quantitative estimate of drug-likeness (QED) is 0.220. The molecule has 4 N–H and O–H groups in total. The maximum Gasteiger partial charge on any atom is 0.289 e. The smallest absolute Gasteiger partial charge is 0.289 e. The van der Waals surface area contributed by atoms with Gasteiger partial charge in [-0.1, -0.05) is 50.1 Å². The molecule has 1 heterocycles. The molecule has 0 unspecified atom stereocenters. The molecule has 2 saturated carbocycles. The molecule has 188 valence electrons. The standard InChI is InChI=1S/C24H33ClN6O.2ClH/c1-15(26)27-20-10-6-7-11-21(20)30-22-18-14-16(25)12-13-19(18)29-23(31-22)24(32)28-17-8-4-2-3-5-9-17;;/h12-14,17,20-21H,2-11H2,1H3,(H2,26,27)(H,28,32)(H,29,30,31);2*1H/t20-,21+;;/m1../s1. The summed E-state index contributed by atoms with van der Waals surface area (Å²) >= 11 is 6.27. The van der Waals surface area contributed by atoms with E-state index in [9.17, 15) is 4.79 Å². The summed E-state index contributed by atoms with van der Waals surface area (Å²) in [7, 11) is 0. The number of carbonyl (C=O) groups excluding carboxylic acids is 1. The van der Waals surface area contributed by atoms with Gasteiger partial charge in [0.15, 0.2) is 0 Å². The number of nitrogens with one attached hydrogen (secondary N) is 4. The highest BCUT2D eigenvalue weighted by Gasteiger charge is 2.27. The summed E-state index contributed by atoms with van der Waals surface area (Å²) in [5.74, 6) is 1.06. The number of aromatic nitrogens is 2. The van der Waals surface area contributed by atoms with E-state index in [0.29, 0.717) is 22.2 Å². The minimum atomic E-state index is -0.217. The van der Waals surface area contributed by atoms with Crippen LogP contribution < -0.4 is 16.0 Å². The van der Waals surface area contributed by atoms with Gasteiger partial charge in [0.05, 0.1) is 11.4 Å². The van der Waals surface area contributed by atoms with Crippen LogP contribution in [0.15, 0.2) is 18.2 Å². The number of amides is 1. The molecular weight excluding hydrogens is 495 g/mol. The van der Waals surface area contributed by atoms with E-state index in [-0.39, 0.29) is 54.7 Å². The summed E-state index contributed by atoms with van der Waals surface area (Å²) in [6, 6.07) is 5.92. The third-order valence-electron chi connectivity index (χ3n) is 6.54. The molecule has 1 aromatic heterocycles. The number of halogens is 3. The van der Waals surface area contributed by atoms with Gasteiger partial charge in [0.1, 0.15) is 5.82 Å². The van der Waals surface area contributed by atoms with E-state index in [1.807, 2.05) is 12.1 Å². The van der Waals surface area contributed by atoms with Crippen LogP contribution in [0.25, 0.3) is 10.9 Å².